The van der Waals surface area contributed by atoms with E-state index in [4.69, 9.17) is 5.11 Å². The Morgan fingerprint density at radius 1 is 1.11 bits per heavy atom. The molecule has 1 atom stereocenters. The molecule has 1 aromatic carbocycles. The van der Waals surface area contributed by atoms with Crippen molar-refractivity contribution in [3.05, 3.63) is 65.7 Å². The first-order valence-electron chi connectivity index (χ1n) is 12.1. The van der Waals surface area contributed by atoms with Gasteiger partial charge in [0.15, 0.2) is 5.03 Å². The molecule has 38 heavy (non-hydrogen) atoms. The van der Waals surface area contributed by atoms with Crippen molar-refractivity contribution >= 4 is 27.6 Å². The molecule has 8 nitrogen and oxygen atoms in total. The minimum absolute atomic E-state index is 0.0130. The first-order chi connectivity index (χ1) is 18.0. The molecule has 2 aromatic heterocycles. The van der Waals surface area contributed by atoms with Gasteiger partial charge in [0.1, 0.15) is 11.6 Å². The molecule has 0 unspecified atom stereocenters. The van der Waals surface area contributed by atoms with Gasteiger partial charge in [-0.25, -0.2) is 9.97 Å². The lowest BCUT2D eigenvalue weighted by atomic mass is 9.95. The smallest absolute Gasteiger partial charge is 0.418 e. The van der Waals surface area contributed by atoms with Crippen molar-refractivity contribution in [2.24, 2.45) is 5.92 Å². The minimum Gasteiger partial charge on any atom is -0.481 e. The molecule has 4 rings (SSSR count). The SMILES string of the molecule is CCc1ccccc1-c1nc(NS(=O)(=O)c2cccc(N3CCC[C@@H](CC(=O)O)C3)n2)ccc1C(F)(F)F. The average Bonchev–Trinajstić information content (AvgIpc) is 2.87. The summed E-state index contributed by atoms with van der Waals surface area (Å²) in [5.74, 6) is -0.871. The van der Waals surface area contributed by atoms with Crippen LogP contribution >= 0.6 is 0 Å². The fourth-order valence-corrected chi connectivity index (χ4v) is 5.58. The van der Waals surface area contributed by atoms with Crippen molar-refractivity contribution in [1.29, 1.82) is 0 Å². The number of aromatic nitrogens is 2. The Hall–Kier alpha value is -3.67. The third-order valence-electron chi connectivity index (χ3n) is 6.38. The van der Waals surface area contributed by atoms with Crippen molar-refractivity contribution in [1.82, 2.24) is 9.97 Å². The van der Waals surface area contributed by atoms with Gasteiger partial charge < -0.3 is 10.0 Å². The highest BCUT2D eigenvalue weighted by Gasteiger charge is 2.35. The van der Waals surface area contributed by atoms with E-state index < -0.39 is 27.7 Å². The van der Waals surface area contributed by atoms with Crippen LogP contribution < -0.4 is 9.62 Å². The number of hydrogen-bond donors (Lipinski definition) is 2. The molecule has 1 fully saturated rings. The van der Waals surface area contributed by atoms with E-state index in [1.165, 1.54) is 18.2 Å². The van der Waals surface area contributed by atoms with Crippen molar-refractivity contribution in [3.8, 4) is 11.3 Å². The highest BCUT2D eigenvalue weighted by molar-refractivity contribution is 7.92. The molecule has 2 N–H and O–H groups in total. The van der Waals surface area contributed by atoms with Crippen molar-refractivity contribution in [3.63, 3.8) is 0 Å². The Balaban J connectivity index is 1.64. The van der Waals surface area contributed by atoms with Crippen LogP contribution in [-0.2, 0) is 27.4 Å². The molecule has 3 aromatic rings. The van der Waals surface area contributed by atoms with E-state index in [1.54, 1.807) is 24.3 Å². The molecule has 1 saturated heterocycles. The molecule has 0 aliphatic carbocycles. The van der Waals surface area contributed by atoms with Gasteiger partial charge in [-0.2, -0.15) is 21.6 Å². The maximum absolute atomic E-state index is 13.8. The van der Waals surface area contributed by atoms with Gasteiger partial charge in [0.05, 0.1) is 11.3 Å². The first kappa shape index (κ1) is 27.4. The molecular weight excluding hydrogens is 521 g/mol. The number of nitrogens with zero attached hydrogens (tertiary/aromatic N) is 3. The molecule has 3 heterocycles. The molecule has 1 aliphatic heterocycles. The van der Waals surface area contributed by atoms with Crippen LogP contribution in [0, 0.1) is 5.92 Å². The third-order valence-corrected chi connectivity index (χ3v) is 7.64. The minimum atomic E-state index is -4.69. The summed E-state index contributed by atoms with van der Waals surface area (Å²) in [4.78, 5) is 21.3. The Labute approximate surface area is 218 Å². The quantitative estimate of drug-likeness (QED) is 0.397. The molecule has 202 valence electrons. The van der Waals surface area contributed by atoms with Crippen LogP contribution in [0.3, 0.4) is 0 Å². The molecule has 12 heteroatoms. The van der Waals surface area contributed by atoms with Gasteiger partial charge >= 0.3 is 12.1 Å². The van der Waals surface area contributed by atoms with Gasteiger partial charge in [-0.15, -0.1) is 0 Å². The number of carboxylic acids is 1. The zero-order valence-electron chi connectivity index (χ0n) is 20.6. The Kier molecular flexibility index (Phi) is 7.91. The van der Waals surface area contributed by atoms with E-state index in [0.717, 1.165) is 25.0 Å². The van der Waals surface area contributed by atoms with Crippen LogP contribution in [0.4, 0.5) is 24.8 Å². The van der Waals surface area contributed by atoms with Gasteiger partial charge in [-0.3, -0.25) is 9.52 Å². The third kappa shape index (κ3) is 6.24. The maximum Gasteiger partial charge on any atom is 0.418 e. The predicted molar refractivity (Wildman–Crippen MR) is 136 cm³/mol. The maximum atomic E-state index is 13.8. The van der Waals surface area contributed by atoms with Gasteiger partial charge in [-0.1, -0.05) is 37.3 Å². The van der Waals surface area contributed by atoms with Crippen LogP contribution in [0.5, 0.6) is 0 Å². The lowest BCUT2D eigenvalue weighted by Crippen LogP contribution is -2.37. The summed E-state index contributed by atoms with van der Waals surface area (Å²) in [6, 6.07) is 12.8. The highest BCUT2D eigenvalue weighted by atomic mass is 32.2. The number of benzene rings is 1. The van der Waals surface area contributed by atoms with Crippen LogP contribution in [0.2, 0.25) is 0 Å². The summed E-state index contributed by atoms with van der Waals surface area (Å²) in [7, 11) is -4.30. The Bertz CT molecular complexity index is 1430. The number of pyridine rings is 2. The van der Waals surface area contributed by atoms with Crippen molar-refractivity contribution in [2.75, 3.05) is 22.7 Å². The van der Waals surface area contributed by atoms with Crippen LogP contribution in [0.1, 0.15) is 37.3 Å². The number of nitrogens with one attached hydrogen (secondary N) is 1. The number of carboxylic acid groups (broad SMARTS) is 1. The van der Waals surface area contributed by atoms with Gasteiger partial charge in [0, 0.05) is 25.1 Å². The van der Waals surface area contributed by atoms with Gasteiger partial charge in [0.2, 0.25) is 0 Å². The summed E-state index contributed by atoms with van der Waals surface area (Å²) < 4.78 is 70.0. The molecule has 0 bridgehead atoms. The molecule has 0 spiro atoms. The summed E-state index contributed by atoms with van der Waals surface area (Å²) in [5.41, 5.74) is -0.427. The molecule has 0 amide bonds. The summed E-state index contributed by atoms with van der Waals surface area (Å²) in [6.45, 7) is 2.83. The fraction of sp³-hybridized carbons (Fsp3) is 0.346. The second-order valence-electron chi connectivity index (χ2n) is 9.09. The number of aryl methyl sites for hydroxylation is 1. The number of halogens is 3. The number of carbonyl (C=O) groups is 1. The number of anilines is 2. The number of sulfonamides is 1. The predicted octanol–water partition coefficient (Wildman–Crippen LogP) is 5.22. The van der Waals surface area contributed by atoms with Crippen molar-refractivity contribution in [2.45, 2.75) is 43.8 Å². The molecular formula is C26H27F3N4O4S. The number of rotatable bonds is 8. The van der Waals surface area contributed by atoms with E-state index in [-0.39, 0.29) is 34.4 Å². The topological polar surface area (TPSA) is 112 Å². The number of aliphatic carboxylic acids is 1. The van der Waals surface area contributed by atoms with Gasteiger partial charge in [0.25, 0.3) is 10.0 Å². The number of hydrogen-bond acceptors (Lipinski definition) is 6. The van der Waals surface area contributed by atoms with Crippen LogP contribution in [0.15, 0.2) is 59.6 Å². The van der Waals surface area contributed by atoms with E-state index in [1.807, 2.05) is 11.8 Å². The standard InChI is InChI=1S/C26H27F3N4O4S/c1-2-18-8-3-4-9-19(18)25-20(26(27,28)29)12-13-21(30-25)32-38(36,37)23-11-5-10-22(31-23)33-14-6-7-17(16-33)15-24(34)35/h3-5,8-13,17H,2,6-7,14-16H2,1H3,(H,30,32)(H,34,35)/t17-/m0/s1. The molecule has 0 radical (unpaired) electrons. The van der Waals surface area contributed by atoms with Crippen molar-refractivity contribution < 1.29 is 31.5 Å². The normalized spacial score (nSPS) is 16.3. The molecule has 0 saturated carbocycles. The second-order valence-corrected chi connectivity index (χ2v) is 10.7. The Morgan fingerprint density at radius 2 is 1.87 bits per heavy atom. The fourth-order valence-electron chi connectivity index (χ4n) is 4.62. The van der Waals surface area contributed by atoms with E-state index in [2.05, 4.69) is 14.7 Å². The first-order valence-corrected chi connectivity index (χ1v) is 13.6. The number of piperidine rings is 1. The average molecular weight is 549 g/mol. The zero-order valence-corrected chi connectivity index (χ0v) is 21.4. The second kappa shape index (κ2) is 11.0. The highest BCUT2D eigenvalue weighted by Crippen LogP contribution is 2.38. The lowest BCUT2D eigenvalue weighted by Gasteiger charge is -2.33. The number of alkyl halides is 3. The summed E-state index contributed by atoms with van der Waals surface area (Å²) >= 11 is 0. The summed E-state index contributed by atoms with van der Waals surface area (Å²) in [6.07, 6.45) is -2.72. The Morgan fingerprint density at radius 3 is 2.58 bits per heavy atom. The van der Waals surface area contributed by atoms with Crippen LogP contribution in [0.25, 0.3) is 11.3 Å². The van der Waals surface area contributed by atoms with Gasteiger partial charge in [-0.05, 0) is 55.0 Å². The van der Waals surface area contributed by atoms with E-state index in [0.29, 0.717) is 30.9 Å². The monoisotopic (exact) mass is 548 g/mol. The largest absolute Gasteiger partial charge is 0.481 e. The molecule has 1 aliphatic rings. The van der Waals surface area contributed by atoms with Crippen LogP contribution in [-0.4, -0.2) is 42.6 Å². The van der Waals surface area contributed by atoms with E-state index >= 15 is 0 Å². The lowest BCUT2D eigenvalue weighted by molar-refractivity contribution is -0.138. The summed E-state index contributed by atoms with van der Waals surface area (Å²) in [5, 5.41) is 8.78. The zero-order chi connectivity index (χ0) is 27.5. The van der Waals surface area contributed by atoms with E-state index in [9.17, 15) is 26.4 Å².